The molecule has 0 aliphatic heterocycles. The number of fused-ring (bicyclic) bond motifs is 1. The van der Waals surface area contributed by atoms with Crippen LogP contribution in [-0.4, -0.2) is 17.0 Å². The molecule has 0 bridgehead atoms. The molecule has 4 nitrogen and oxygen atoms in total. The van der Waals surface area contributed by atoms with E-state index in [2.05, 4.69) is 5.32 Å². The number of anilines is 1. The fraction of sp³-hybridized carbons (Fsp3) is 0. The summed E-state index contributed by atoms with van der Waals surface area (Å²) in [7, 11) is 0. The van der Waals surface area contributed by atoms with Gasteiger partial charge in [0, 0.05) is 11.1 Å². The molecule has 3 aromatic rings. The number of amides is 1. The van der Waals surface area contributed by atoms with Crippen LogP contribution in [0.3, 0.4) is 0 Å². The maximum absolute atomic E-state index is 12.4. The van der Waals surface area contributed by atoms with E-state index in [1.54, 1.807) is 18.2 Å². The van der Waals surface area contributed by atoms with Gasteiger partial charge in [0.25, 0.3) is 5.91 Å². The molecule has 3 aromatic carbocycles. The van der Waals surface area contributed by atoms with Crippen molar-refractivity contribution in [3.8, 4) is 0 Å². The Bertz CT molecular complexity index is 878. The van der Waals surface area contributed by atoms with Gasteiger partial charge in [0.1, 0.15) is 0 Å². The summed E-state index contributed by atoms with van der Waals surface area (Å²) in [6.45, 7) is 0. The first-order valence-electron chi connectivity index (χ1n) is 6.78. The van der Waals surface area contributed by atoms with Gasteiger partial charge in [0.2, 0.25) is 0 Å². The average molecular weight is 315 g/mol. The number of carbonyl (C=O) groups excluding carboxylic acids is 1. The summed E-state index contributed by atoms with van der Waals surface area (Å²) in [4.78, 5) is 23.6. The molecule has 2 N–H and O–H groups in total. The molecular formula is C18H14NNaO3. The fourth-order valence-corrected chi connectivity index (χ4v) is 2.39. The minimum absolute atomic E-state index is 0. The number of hydrogen-bond acceptors (Lipinski definition) is 2. The number of rotatable bonds is 3. The van der Waals surface area contributed by atoms with E-state index in [9.17, 15) is 14.7 Å². The largest absolute Gasteiger partial charge is 1.00 e. The van der Waals surface area contributed by atoms with Crippen molar-refractivity contribution in [1.29, 1.82) is 0 Å². The Morgan fingerprint density at radius 3 is 2.17 bits per heavy atom. The molecule has 3 rings (SSSR count). The molecule has 0 aromatic heterocycles. The summed E-state index contributed by atoms with van der Waals surface area (Å²) in [5, 5.41) is 13.9. The normalized spacial score (nSPS) is 9.91. The Morgan fingerprint density at radius 1 is 0.826 bits per heavy atom. The van der Waals surface area contributed by atoms with Crippen LogP contribution in [-0.2, 0) is 0 Å². The molecule has 1 amide bonds. The van der Waals surface area contributed by atoms with Gasteiger partial charge in [-0.1, -0.05) is 48.5 Å². The number of carboxylic acid groups (broad SMARTS) is 1. The zero-order chi connectivity index (χ0) is 15.5. The van der Waals surface area contributed by atoms with Gasteiger partial charge in [-0.3, -0.25) is 4.79 Å². The minimum Gasteiger partial charge on any atom is -1.00 e. The van der Waals surface area contributed by atoms with Crippen LogP contribution in [0.25, 0.3) is 10.8 Å². The van der Waals surface area contributed by atoms with Crippen molar-refractivity contribution in [3.05, 3.63) is 77.9 Å². The number of hydrogen-bond donors (Lipinski definition) is 2. The first-order chi connectivity index (χ1) is 10.7. The molecule has 0 saturated heterocycles. The first-order valence-corrected chi connectivity index (χ1v) is 6.78. The molecule has 5 heteroatoms. The van der Waals surface area contributed by atoms with Crippen molar-refractivity contribution in [1.82, 2.24) is 0 Å². The fourth-order valence-electron chi connectivity index (χ4n) is 2.39. The van der Waals surface area contributed by atoms with Crippen molar-refractivity contribution in [2.75, 3.05) is 5.32 Å². The van der Waals surface area contributed by atoms with E-state index in [1.807, 2.05) is 36.4 Å². The van der Waals surface area contributed by atoms with Crippen LogP contribution < -0.4 is 34.9 Å². The number of carbonyl (C=O) groups is 2. The second-order valence-corrected chi connectivity index (χ2v) is 4.83. The summed E-state index contributed by atoms with van der Waals surface area (Å²) in [6, 6.07) is 19.4. The molecular weight excluding hydrogens is 301 g/mol. The molecule has 0 radical (unpaired) electrons. The van der Waals surface area contributed by atoms with Gasteiger partial charge in [-0.05, 0) is 23.6 Å². The van der Waals surface area contributed by atoms with Crippen molar-refractivity contribution < 1.29 is 45.7 Å². The summed E-state index contributed by atoms with van der Waals surface area (Å²) in [6.07, 6.45) is 0. The third kappa shape index (κ3) is 3.62. The smallest absolute Gasteiger partial charge is 1.00 e. The monoisotopic (exact) mass is 315 g/mol. The van der Waals surface area contributed by atoms with E-state index in [4.69, 9.17) is 0 Å². The van der Waals surface area contributed by atoms with Crippen molar-refractivity contribution in [3.63, 3.8) is 0 Å². The first kappa shape index (κ1) is 17.2. The van der Waals surface area contributed by atoms with Gasteiger partial charge < -0.3 is 11.8 Å². The Hall–Kier alpha value is -2.14. The van der Waals surface area contributed by atoms with E-state index < -0.39 is 11.9 Å². The van der Waals surface area contributed by atoms with Gasteiger partial charge in [0.05, 0.1) is 11.1 Å². The quantitative estimate of drug-likeness (QED) is 0.706. The molecule has 0 fully saturated rings. The van der Waals surface area contributed by atoms with Gasteiger partial charge >= 0.3 is 35.5 Å². The molecule has 110 valence electrons. The summed E-state index contributed by atoms with van der Waals surface area (Å²) in [5.74, 6) is -1.56. The molecule has 0 spiro atoms. The Morgan fingerprint density at radius 2 is 1.43 bits per heavy atom. The summed E-state index contributed by atoms with van der Waals surface area (Å²) >= 11 is 0. The van der Waals surface area contributed by atoms with Crippen LogP contribution in [0.4, 0.5) is 5.69 Å². The number of aromatic carboxylic acids is 1. The zero-order valence-corrected chi connectivity index (χ0v) is 14.6. The molecule has 0 aliphatic rings. The van der Waals surface area contributed by atoms with Gasteiger partial charge in [-0.25, -0.2) is 4.79 Å². The standard InChI is InChI=1S/C18H13NO3.Na.H/c20-17(14-9-3-4-10-15(14)18(21)22)19-16-11-5-7-12-6-1-2-8-13(12)16;;/h1-11H,(H,19,20)(H,21,22);;/q;+1;-1. The van der Waals surface area contributed by atoms with Crippen LogP contribution >= 0.6 is 0 Å². The second-order valence-electron chi connectivity index (χ2n) is 4.83. The van der Waals surface area contributed by atoms with Crippen LogP contribution in [0.15, 0.2) is 66.7 Å². The number of carboxylic acids is 1. The number of nitrogens with one attached hydrogen (secondary N) is 1. The van der Waals surface area contributed by atoms with Crippen molar-refractivity contribution >= 4 is 28.3 Å². The maximum atomic E-state index is 12.4. The van der Waals surface area contributed by atoms with E-state index in [1.165, 1.54) is 12.1 Å². The Kier molecular flexibility index (Phi) is 5.55. The maximum Gasteiger partial charge on any atom is 1.00 e. The predicted octanol–water partition coefficient (Wildman–Crippen LogP) is 0.907. The SMILES string of the molecule is O=C(O)c1ccccc1C(=O)Nc1cccc2ccccc12.[H-].[Na+]. The predicted molar refractivity (Wildman–Crippen MR) is 86.4 cm³/mol. The average Bonchev–Trinajstić information content (AvgIpc) is 2.55. The van der Waals surface area contributed by atoms with E-state index in [-0.39, 0.29) is 42.1 Å². The van der Waals surface area contributed by atoms with Crippen molar-refractivity contribution in [2.45, 2.75) is 0 Å². The second kappa shape index (κ2) is 7.42. The van der Waals surface area contributed by atoms with Crippen LogP contribution in [0.2, 0.25) is 0 Å². The molecule has 0 saturated carbocycles. The summed E-state index contributed by atoms with van der Waals surface area (Å²) in [5.41, 5.74) is 0.784. The molecule has 0 heterocycles. The topological polar surface area (TPSA) is 66.4 Å². The summed E-state index contributed by atoms with van der Waals surface area (Å²) < 4.78 is 0. The Balaban J connectivity index is 0.00000144. The van der Waals surface area contributed by atoms with Crippen molar-refractivity contribution in [2.24, 2.45) is 0 Å². The van der Waals surface area contributed by atoms with E-state index in [0.29, 0.717) is 5.69 Å². The zero-order valence-electron chi connectivity index (χ0n) is 13.6. The molecule has 0 aliphatic carbocycles. The molecule has 0 unspecified atom stereocenters. The number of benzene rings is 3. The van der Waals surface area contributed by atoms with Crippen LogP contribution in [0.1, 0.15) is 22.1 Å². The van der Waals surface area contributed by atoms with Crippen LogP contribution in [0.5, 0.6) is 0 Å². The van der Waals surface area contributed by atoms with E-state index >= 15 is 0 Å². The van der Waals surface area contributed by atoms with Gasteiger partial charge in [-0.15, -0.1) is 0 Å². The Labute approximate surface area is 156 Å². The van der Waals surface area contributed by atoms with Gasteiger partial charge in [0.15, 0.2) is 0 Å². The molecule has 0 atom stereocenters. The van der Waals surface area contributed by atoms with Gasteiger partial charge in [-0.2, -0.15) is 0 Å². The van der Waals surface area contributed by atoms with Crippen LogP contribution in [0, 0.1) is 0 Å². The van der Waals surface area contributed by atoms with E-state index in [0.717, 1.165) is 10.8 Å². The third-order valence-corrected chi connectivity index (χ3v) is 3.44. The minimum atomic E-state index is -1.12. The molecule has 23 heavy (non-hydrogen) atoms. The third-order valence-electron chi connectivity index (χ3n) is 3.44.